The molecule has 6 heteroatoms. The van der Waals surface area contributed by atoms with Crippen LogP contribution >= 0.6 is 0 Å². The van der Waals surface area contributed by atoms with Gasteiger partial charge in [0.1, 0.15) is 0 Å². The number of rotatable bonds is 4. The average Bonchev–Trinajstić information content (AvgIpc) is 2.69. The summed E-state index contributed by atoms with van der Waals surface area (Å²) in [7, 11) is 0. The van der Waals surface area contributed by atoms with Crippen LogP contribution in [0.15, 0.2) is 6.33 Å². The molecule has 3 N–H and O–H groups in total. The van der Waals surface area contributed by atoms with Gasteiger partial charge in [-0.15, -0.1) is 0 Å². The fraction of sp³-hybridized carbons (Fsp3) is 0.545. The molecule has 0 aliphatic carbocycles. The zero-order chi connectivity index (χ0) is 12.4. The van der Waals surface area contributed by atoms with Crippen molar-refractivity contribution in [2.75, 3.05) is 17.6 Å². The van der Waals surface area contributed by atoms with Gasteiger partial charge in [-0.05, 0) is 20.3 Å². The third-order valence-electron chi connectivity index (χ3n) is 2.54. The Kier molecular flexibility index (Phi) is 3.12. The van der Waals surface area contributed by atoms with Gasteiger partial charge >= 0.3 is 0 Å². The second-order valence-corrected chi connectivity index (χ2v) is 4.27. The Morgan fingerprint density at radius 3 is 2.82 bits per heavy atom. The normalized spacial score (nSPS) is 11.3. The molecule has 0 saturated heterocycles. The van der Waals surface area contributed by atoms with E-state index in [1.807, 2.05) is 4.57 Å². The maximum atomic E-state index is 5.72. The lowest BCUT2D eigenvalue weighted by Gasteiger charge is -2.09. The monoisotopic (exact) mass is 234 g/mol. The highest BCUT2D eigenvalue weighted by Gasteiger charge is 2.13. The smallest absolute Gasteiger partial charge is 0.224 e. The van der Waals surface area contributed by atoms with E-state index in [1.165, 1.54) is 0 Å². The Labute approximate surface area is 100 Å². The molecule has 92 valence electrons. The predicted molar refractivity (Wildman–Crippen MR) is 68.9 cm³/mol. The number of nitrogens with zero attached hydrogens (tertiary/aromatic N) is 4. The fourth-order valence-electron chi connectivity index (χ4n) is 1.68. The van der Waals surface area contributed by atoms with Crippen LogP contribution in [-0.4, -0.2) is 26.1 Å². The lowest BCUT2D eigenvalue weighted by atomic mass is 10.4. The molecule has 0 aromatic carbocycles. The van der Waals surface area contributed by atoms with Crippen molar-refractivity contribution in [3.63, 3.8) is 0 Å². The van der Waals surface area contributed by atoms with E-state index >= 15 is 0 Å². The van der Waals surface area contributed by atoms with Crippen LogP contribution in [0, 0.1) is 0 Å². The molecule has 0 radical (unpaired) electrons. The minimum Gasteiger partial charge on any atom is -0.368 e. The first-order chi connectivity index (χ1) is 8.13. The van der Waals surface area contributed by atoms with Crippen LogP contribution < -0.4 is 11.1 Å². The molecule has 0 bridgehead atoms. The molecule has 2 heterocycles. The van der Waals surface area contributed by atoms with Gasteiger partial charge in [0.25, 0.3) is 0 Å². The van der Waals surface area contributed by atoms with Crippen molar-refractivity contribution in [3.8, 4) is 0 Å². The molecule has 0 unspecified atom stereocenters. The van der Waals surface area contributed by atoms with Gasteiger partial charge in [0.2, 0.25) is 5.95 Å². The summed E-state index contributed by atoms with van der Waals surface area (Å²) in [5.41, 5.74) is 7.28. The first kappa shape index (κ1) is 11.6. The van der Waals surface area contributed by atoms with Gasteiger partial charge in [-0.1, -0.05) is 6.92 Å². The van der Waals surface area contributed by atoms with Crippen LogP contribution in [0.2, 0.25) is 0 Å². The second kappa shape index (κ2) is 4.57. The number of imidazole rings is 1. The summed E-state index contributed by atoms with van der Waals surface area (Å²) < 4.78 is 1.99. The summed E-state index contributed by atoms with van der Waals surface area (Å²) in [6.07, 6.45) is 2.80. The zero-order valence-corrected chi connectivity index (χ0v) is 10.4. The molecule has 2 aromatic rings. The van der Waals surface area contributed by atoms with E-state index in [0.29, 0.717) is 11.9 Å². The molecular formula is C11H18N6. The molecular weight excluding hydrogens is 216 g/mol. The van der Waals surface area contributed by atoms with E-state index in [2.05, 4.69) is 41.0 Å². The number of hydrogen-bond acceptors (Lipinski definition) is 5. The SMILES string of the molecule is CCCNc1nc(N)nc2c1ncn2C(C)C. The van der Waals surface area contributed by atoms with Crippen molar-refractivity contribution in [3.05, 3.63) is 6.33 Å². The number of nitrogens with one attached hydrogen (secondary N) is 1. The second-order valence-electron chi connectivity index (χ2n) is 4.27. The van der Waals surface area contributed by atoms with Crippen molar-refractivity contribution in [2.45, 2.75) is 33.2 Å². The average molecular weight is 234 g/mol. The van der Waals surface area contributed by atoms with Crippen molar-refractivity contribution >= 4 is 22.9 Å². The van der Waals surface area contributed by atoms with E-state index in [9.17, 15) is 0 Å². The van der Waals surface area contributed by atoms with Crippen LogP contribution in [0.4, 0.5) is 11.8 Å². The van der Waals surface area contributed by atoms with E-state index in [0.717, 1.165) is 24.1 Å². The molecule has 17 heavy (non-hydrogen) atoms. The molecule has 2 rings (SSSR count). The van der Waals surface area contributed by atoms with Gasteiger partial charge in [0, 0.05) is 12.6 Å². The Morgan fingerprint density at radius 2 is 2.18 bits per heavy atom. The van der Waals surface area contributed by atoms with Crippen LogP contribution in [0.3, 0.4) is 0 Å². The van der Waals surface area contributed by atoms with Gasteiger partial charge in [-0.25, -0.2) is 4.98 Å². The summed E-state index contributed by atoms with van der Waals surface area (Å²) >= 11 is 0. The summed E-state index contributed by atoms with van der Waals surface area (Å²) in [6, 6.07) is 0.299. The number of nitrogens with two attached hydrogens (primary N) is 1. The highest BCUT2D eigenvalue weighted by Crippen LogP contribution is 2.22. The summed E-state index contributed by atoms with van der Waals surface area (Å²) in [6.45, 7) is 7.11. The summed E-state index contributed by atoms with van der Waals surface area (Å²) in [4.78, 5) is 12.8. The van der Waals surface area contributed by atoms with Crippen molar-refractivity contribution in [1.29, 1.82) is 0 Å². The van der Waals surface area contributed by atoms with Gasteiger partial charge in [0.15, 0.2) is 17.0 Å². The van der Waals surface area contributed by atoms with Crippen molar-refractivity contribution in [2.24, 2.45) is 0 Å². The largest absolute Gasteiger partial charge is 0.368 e. The summed E-state index contributed by atoms with van der Waals surface area (Å²) in [5, 5.41) is 3.22. The molecule has 0 saturated carbocycles. The number of hydrogen-bond donors (Lipinski definition) is 2. The zero-order valence-electron chi connectivity index (χ0n) is 10.4. The maximum absolute atomic E-state index is 5.72. The molecule has 0 atom stereocenters. The molecule has 2 aromatic heterocycles. The standard InChI is InChI=1S/C11H18N6/c1-4-5-13-9-8-10(16-11(12)15-9)17(6-14-8)7(2)3/h6-7H,4-5H2,1-3H3,(H3,12,13,15,16). The minimum absolute atomic E-state index is 0.276. The van der Waals surface area contributed by atoms with E-state index in [4.69, 9.17) is 5.73 Å². The lowest BCUT2D eigenvalue weighted by Crippen LogP contribution is -2.07. The fourth-order valence-corrected chi connectivity index (χ4v) is 1.68. The molecule has 0 fully saturated rings. The minimum atomic E-state index is 0.276. The van der Waals surface area contributed by atoms with Crippen LogP contribution in [0.5, 0.6) is 0 Å². The van der Waals surface area contributed by atoms with Crippen LogP contribution in [0.25, 0.3) is 11.2 Å². The van der Waals surface area contributed by atoms with E-state index in [-0.39, 0.29) is 5.95 Å². The first-order valence-electron chi connectivity index (χ1n) is 5.87. The molecule has 0 aliphatic heterocycles. The predicted octanol–water partition coefficient (Wildman–Crippen LogP) is 1.81. The third kappa shape index (κ3) is 2.15. The number of fused-ring (bicyclic) bond motifs is 1. The number of nitrogen functional groups attached to an aromatic ring is 1. The van der Waals surface area contributed by atoms with Crippen molar-refractivity contribution in [1.82, 2.24) is 19.5 Å². The summed E-state index contributed by atoms with van der Waals surface area (Å²) in [5.74, 6) is 0.993. The molecule has 0 amide bonds. The van der Waals surface area contributed by atoms with Gasteiger partial charge in [0.05, 0.1) is 6.33 Å². The lowest BCUT2D eigenvalue weighted by molar-refractivity contribution is 0.613. The maximum Gasteiger partial charge on any atom is 0.224 e. The highest BCUT2D eigenvalue weighted by molar-refractivity contribution is 5.84. The third-order valence-corrected chi connectivity index (χ3v) is 2.54. The number of aromatic nitrogens is 4. The number of anilines is 2. The molecule has 6 nitrogen and oxygen atoms in total. The molecule has 0 spiro atoms. The molecule has 0 aliphatic rings. The van der Waals surface area contributed by atoms with Crippen LogP contribution in [0.1, 0.15) is 33.2 Å². The van der Waals surface area contributed by atoms with Gasteiger partial charge in [-0.3, -0.25) is 0 Å². The first-order valence-corrected chi connectivity index (χ1v) is 5.87. The Balaban J connectivity index is 2.53. The van der Waals surface area contributed by atoms with Crippen LogP contribution in [-0.2, 0) is 0 Å². The Morgan fingerprint density at radius 1 is 1.41 bits per heavy atom. The van der Waals surface area contributed by atoms with Gasteiger partial charge < -0.3 is 15.6 Å². The van der Waals surface area contributed by atoms with Crippen molar-refractivity contribution < 1.29 is 0 Å². The Bertz CT molecular complexity index is 516. The van der Waals surface area contributed by atoms with Gasteiger partial charge in [-0.2, -0.15) is 9.97 Å². The Hall–Kier alpha value is -1.85. The highest BCUT2D eigenvalue weighted by atomic mass is 15.2. The van der Waals surface area contributed by atoms with E-state index in [1.54, 1.807) is 6.33 Å². The quantitative estimate of drug-likeness (QED) is 0.843. The van der Waals surface area contributed by atoms with E-state index < -0.39 is 0 Å². The topological polar surface area (TPSA) is 81.7 Å².